The normalized spacial score (nSPS) is 16.3. The second-order valence-electron chi connectivity index (χ2n) is 9.18. The van der Waals surface area contributed by atoms with Gasteiger partial charge in [0, 0.05) is 11.4 Å². The maximum atomic E-state index is 13.4. The summed E-state index contributed by atoms with van der Waals surface area (Å²) in [5.74, 6) is 0.639. The first-order valence-electron chi connectivity index (χ1n) is 11.9. The minimum Gasteiger partial charge on any atom is -0.454 e. The molecule has 180 valence electrons. The average molecular weight is 473 g/mol. The lowest BCUT2D eigenvalue weighted by Crippen LogP contribution is -2.39. The van der Waals surface area contributed by atoms with Crippen LogP contribution in [0.4, 0.5) is 0 Å². The Hall–Kier alpha value is -3.87. The second kappa shape index (κ2) is 9.41. The minimum atomic E-state index is -0.903. The van der Waals surface area contributed by atoms with E-state index in [0.29, 0.717) is 12.0 Å². The zero-order valence-electron chi connectivity index (χ0n) is 20.1. The van der Waals surface area contributed by atoms with Gasteiger partial charge >= 0.3 is 5.97 Å². The summed E-state index contributed by atoms with van der Waals surface area (Å²) in [6.45, 7) is 5.56. The van der Waals surface area contributed by atoms with E-state index in [1.165, 1.54) is 0 Å². The highest BCUT2D eigenvalue weighted by Gasteiger charge is 2.28. The van der Waals surface area contributed by atoms with Crippen molar-refractivity contribution >= 4 is 34.4 Å². The van der Waals surface area contributed by atoms with Gasteiger partial charge in [-0.15, -0.1) is 0 Å². The molecule has 35 heavy (non-hydrogen) atoms. The molecule has 1 amide bonds. The fourth-order valence-corrected chi connectivity index (χ4v) is 4.59. The summed E-state index contributed by atoms with van der Waals surface area (Å²) in [7, 11) is 0. The van der Waals surface area contributed by atoms with E-state index in [4.69, 9.17) is 19.2 Å². The molecule has 1 aliphatic heterocycles. The van der Waals surface area contributed by atoms with Crippen LogP contribution in [0.2, 0.25) is 0 Å². The van der Waals surface area contributed by atoms with Gasteiger partial charge in [-0.05, 0) is 81.0 Å². The Bertz CT molecular complexity index is 1340. The molecular weight excluding hydrogens is 444 g/mol. The molecule has 1 aromatic heterocycles. The Morgan fingerprint density at radius 1 is 1.06 bits per heavy atom. The molecule has 1 unspecified atom stereocenters. The summed E-state index contributed by atoms with van der Waals surface area (Å²) in [5.41, 5.74) is 4.91. The largest absolute Gasteiger partial charge is 0.454 e. The number of nitrogens with zero attached hydrogens (tertiary/aromatic N) is 1. The molecule has 1 N–H and O–H groups in total. The van der Waals surface area contributed by atoms with Crippen molar-refractivity contribution in [2.45, 2.75) is 52.2 Å². The first kappa shape index (κ1) is 22.9. The van der Waals surface area contributed by atoms with Crippen LogP contribution in [-0.2, 0) is 16.0 Å². The highest BCUT2D eigenvalue weighted by atomic mass is 16.7. The molecule has 5 rings (SSSR count). The van der Waals surface area contributed by atoms with Gasteiger partial charge in [0.05, 0.1) is 16.8 Å². The van der Waals surface area contributed by atoms with E-state index in [-0.39, 0.29) is 18.7 Å². The molecule has 2 aromatic carbocycles. The highest BCUT2D eigenvalue weighted by Crippen LogP contribution is 2.38. The maximum Gasteiger partial charge on any atom is 0.339 e. The summed E-state index contributed by atoms with van der Waals surface area (Å²) < 4.78 is 16.6. The number of allylic oxidation sites excluding steroid dienone is 1. The molecule has 0 spiro atoms. The third-order valence-corrected chi connectivity index (χ3v) is 6.20. The van der Waals surface area contributed by atoms with Crippen LogP contribution in [0.1, 0.15) is 60.8 Å². The fourth-order valence-electron chi connectivity index (χ4n) is 4.59. The number of esters is 1. The number of ether oxygens (including phenoxy) is 3. The van der Waals surface area contributed by atoms with E-state index >= 15 is 0 Å². The van der Waals surface area contributed by atoms with Gasteiger partial charge in [0.1, 0.15) is 0 Å². The zero-order valence-corrected chi connectivity index (χ0v) is 20.1. The molecule has 2 heterocycles. The molecule has 2 aliphatic rings. The number of rotatable bonds is 5. The third-order valence-electron chi connectivity index (χ3n) is 6.20. The Labute approximate surface area is 204 Å². The molecule has 0 saturated carbocycles. The van der Waals surface area contributed by atoms with Crippen molar-refractivity contribution in [2.75, 3.05) is 6.79 Å². The third kappa shape index (κ3) is 4.58. The van der Waals surface area contributed by atoms with Gasteiger partial charge in [-0.2, -0.15) is 0 Å². The fraction of sp³-hybridized carbons (Fsp3) is 0.321. The molecule has 0 fully saturated rings. The molecule has 0 radical (unpaired) electrons. The van der Waals surface area contributed by atoms with Crippen LogP contribution in [0, 0.1) is 0 Å². The van der Waals surface area contributed by atoms with Crippen LogP contribution in [0.25, 0.3) is 22.6 Å². The number of carbonyl (C=O) groups excluding carboxylic acids is 2. The topological polar surface area (TPSA) is 86.8 Å². The quantitative estimate of drug-likeness (QED) is 0.531. The van der Waals surface area contributed by atoms with Crippen molar-refractivity contribution in [2.24, 2.45) is 0 Å². The number of amides is 1. The van der Waals surface area contributed by atoms with Gasteiger partial charge in [0.2, 0.25) is 6.79 Å². The van der Waals surface area contributed by atoms with Crippen molar-refractivity contribution in [1.29, 1.82) is 0 Å². The predicted octanol–water partition coefficient (Wildman–Crippen LogP) is 4.91. The molecular formula is C28H28N2O5. The number of para-hydroxylation sites is 1. The van der Waals surface area contributed by atoms with Crippen LogP contribution in [0.15, 0.2) is 42.5 Å². The molecule has 0 saturated heterocycles. The number of carbonyl (C=O) groups is 2. The molecule has 1 aliphatic carbocycles. The number of hydrogen-bond donors (Lipinski definition) is 1. The van der Waals surface area contributed by atoms with E-state index in [9.17, 15) is 9.59 Å². The number of hydrogen-bond acceptors (Lipinski definition) is 6. The summed E-state index contributed by atoms with van der Waals surface area (Å²) in [5, 5.41) is 3.53. The van der Waals surface area contributed by atoms with E-state index in [1.807, 2.05) is 56.3 Å². The lowest BCUT2D eigenvalue weighted by atomic mass is 9.86. The van der Waals surface area contributed by atoms with Crippen LogP contribution in [0.5, 0.6) is 11.5 Å². The summed E-state index contributed by atoms with van der Waals surface area (Å²) in [6.07, 6.45) is 3.62. The first-order chi connectivity index (χ1) is 16.9. The molecule has 1 atom stereocenters. The maximum absolute atomic E-state index is 13.4. The Balaban J connectivity index is 1.56. The van der Waals surface area contributed by atoms with Crippen LogP contribution in [0.3, 0.4) is 0 Å². The van der Waals surface area contributed by atoms with Crippen LogP contribution >= 0.6 is 0 Å². The van der Waals surface area contributed by atoms with Gasteiger partial charge in [-0.3, -0.25) is 4.79 Å². The van der Waals surface area contributed by atoms with E-state index in [1.54, 1.807) is 6.92 Å². The highest BCUT2D eigenvalue weighted by molar-refractivity contribution is 6.07. The van der Waals surface area contributed by atoms with Crippen LogP contribution < -0.4 is 14.8 Å². The van der Waals surface area contributed by atoms with Crippen LogP contribution in [-0.4, -0.2) is 35.8 Å². The van der Waals surface area contributed by atoms with E-state index in [2.05, 4.69) is 11.4 Å². The molecule has 0 bridgehead atoms. The SMILES string of the molecule is CC(C)NC(=O)C(C)OC(=O)c1c2c(nc3ccccc13)/C(=C/c1ccc3c(c1)OCO3)CCC2. The van der Waals surface area contributed by atoms with Gasteiger partial charge in [0.25, 0.3) is 5.91 Å². The predicted molar refractivity (Wildman–Crippen MR) is 133 cm³/mol. The van der Waals surface area contributed by atoms with Gasteiger partial charge < -0.3 is 19.5 Å². The van der Waals surface area contributed by atoms with Crippen molar-refractivity contribution in [3.05, 3.63) is 64.8 Å². The number of pyridine rings is 1. The Morgan fingerprint density at radius 2 is 1.86 bits per heavy atom. The molecule has 7 heteroatoms. The van der Waals surface area contributed by atoms with Gasteiger partial charge in [-0.1, -0.05) is 24.3 Å². The van der Waals surface area contributed by atoms with Gasteiger partial charge in [0.15, 0.2) is 17.6 Å². The number of benzene rings is 2. The van der Waals surface area contributed by atoms with Gasteiger partial charge in [-0.25, -0.2) is 9.78 Å². The van der Waals surface area contributed by atoms with Crippen molar-refractivity contribution in [3.63, 3.8) is 0 Å². The Morgan fingerprint density at radius 3 is 2.69 bits per heavy atom. The monoisotopic (exact) mass is 472 g/mol. The minimum absolute atomic E-state index is 0.0398. The second-order valence-corrected chi connectivity index (χ2v) is 9.18. The number of fused-ring (bicyclic) bond motifs is 3. The Kier molecular flexibility index (Phi) is 6.16. The lowest BCUT2D eigenvalue weighted by Gasteiger charge is -2.23. The van der Waals surface area contributed by atoms with Crippen molar-refractivity contribution in [3.8, 4) is 11.5 Å². The van der Waals surface area contributed by atoms with E-state index < -0.39 is 12.1 Å². The van der Waals surface area contributed by atoms with E-state index in [0.717, 1.165) is 57.6 Å². The lowest BCUT2D eigenvalue weighted by molar-refractivity contribution is -0.129. The summed E-state index contributed by atoms with van der Waals surface area (Å²) >= 11 is 0. The van der Waals surface area contributed by atoms with Crippen molar-refractivity contribution < 1.29 is 23.8 Å². The standard InChI is InChI=1S/C28H28N2O5/c1-16(2)29-27(31)17(3)35-28(32)25-20-8-4-5-10-22(20)30-26-19(7-6-9-21(25)26)13-18-11-12-23-24(14-18)34-15-33-23/h4-5,8,10-14,16-17H,6-7,9,15H2,1-3H3,(H,29,31)/b19-13+. The summed E-state index contributed by atoms with van der Waals surface area (Å²) in [4.78, 5) is 30.8. The number of aromatic nitrogens is 1. The smallest absolute Gasteiger partial charge is 0.339 e. The first-order valence-corrected chi connectivity index (χ1v) is 11.9. The molecule has 3 aromatic rings. The van der Waals surface area contributed by atoms with Crippen molar-refractivity contribution in [1.82, 2.24) is 10.3 Å². The number of nitrogens with one attached hydrogen (secondary N) is 1. The molecule has 7 nitrogen and oxygen atoms in total. The summed E-state index contributed by atoms with van der Waals surface area (Å²) in [6, 6.07) is 13.4. The average Bonchev–Trinajstić information content (AvgIpc) is 3.30. The zero-order chi connectivity index (χ0) is 24.5.